The Kier molecular flexibility index (Phi) is 36.2. The van der Waals surface area contributed by atoms with Crippen molar-refractivity contribution in [3.05, 3.63) is 36.0 Å². The molecule has 0 bridgehead atoms. The van der Waals surface area contributed by atoms with Gasteiger partial charge in [-0.25, -0.2) is 0 Å². The molecular weight excluding hydrogens is 327 g/mol. The number of rotatable bonds is 3. The third-order valence-corrected chi connectivity index (χ3v) is 1.57. The molecule has 0 fully saturated rings. The van der Waals surface area contributed by atoms with Gasteiger partial charge >= 0.3 is 19.5 Å². The minimum atomic E-state index is 0. The van der Waals surface area contributed by atoms with Crippen molar-refractivity contribution in [2.24, 2.45) is 0 Å². The molecule has 0 N–H and O–H groups in total. The average Bonchev–Trinajstić information content (AvgIpc) is 2.41. The van der Waals surface area contributed by atoms with Crippen LogP contribution in [-0.4, -0.2) is 18.6 Å². The van der Waals surface area contributed by atoms with Crippen LogP contribution in [0.3, 0.4) is 0 Å². The molecule has 0 spiro atoms. The van der Waals surface area contributed by atoms with Gasteiger partial charge in [-0.05, 0) is 30.5 Å². The quantitative estimate of drug-likeness (QED) is 0.476. The summed E-state index contributed by atoms with van der Waals surface area (Å²) in [7, 11) is 0. The van der Waals surface area contributed by atoms with Gasteiger partial charge in [0.15, 0.2) is 0 Å². The summed E-state index contributed by atoms with van der Waals surface area (Å²) < 4.78 is 0. The third-order valence-electron chi connectivity index (χ3n) is 1.57. The maximum atomic E-state index is 7.75. The average molecular weight is 351 g/mol. The minimum Gasteiger partial charge on any atom is -0.545 e. The normalized spacial score (nSPS) is 7.42. The molecule has 1 radical (unpaired) electrons. The zero-order valence-corrected chi connectivity index (χ0v) is 13.9. The van der Waals surface area contributed by atoms with Crippen LogP contribution < -0.4 is 0 Å². The summed E-state index contributed by atoms with van der Waals surface area (Å²) in [5.41, 5.74) is 1.40. The first-order valence-corrected chi connectivity index (χ1v) is 5.79. The summed E-state index contributed by atoms with van der Waals surface area (Å²) in [5, 5.41) is 0. The van der Waals surface area contributed by atoms with E-state index in [0.29, 0.717) is 0 Å². The van der Waals surface area contributed by atoms with E-state index in [2.05, 4.69) is 58.4 Å². The van der Waals surface area contributed by atoms with Crippen LogP contribution in [0.4, 0.5) is 0 Å². The second kappa shape index (κ2) is 25.8. The Morgan fingerprint density at radius 1 is 1.05 bits per heavy atom. The van der Waals surface area contributed by atoms with Crippen LogP contribution in [0.25, 0.3) is 0 Å². The summed E-state index contributed by atoms with van der Waals surface area (Å²) in [5.74, 6) is 1.42. The van der Waals surface area contributed by atoms with Gasteiger partial charge in [0.05, 0.1) is 0 Å². The molecule has 0 aliphatic carbocycles. The monoisotopic (exact) mass is 352 g/mol. The first-order chi connectivity index (χ1) is 8.66. The largest absolute Gasteiger partial charge is 3.00 e. The van der Waals surface area contributed by atoms with Crippen molar-refractivity contribution in [3.8, 4) is 0 Å². The van der Waals surface area contributed by atoms with Crippen LogP contribution in [0.15, 0.2) is 24.5 Å². The Bertz CT molecular complexity index is 238. The van der Waals surface area contributed by atoms with E-state index in [1.807, 2.05) is 12.4 Å². The minimum absolute atomic E-state index is 0. The fourth-order valence-electron chi connectivity index (χ4n) is 0.930. The van der Waals surface area contributed by atoms with E-state index in [1.165, 1.54) is 30.7 Å². The Balaban J connectivity index is -0.000000107. The molecule has 0 aliphatic heterocycles. The van der Waals surface area contributed by atoms with Gasteiger partial charge in [0.25, 0.3) is 0 Å². The molecule has 109 valence electrons. The number of hydrogen-bond acceptors (Lipinski definition) is 3. The zero-order valence-electron chi connectivity index (χ0n) is 12.2. The molecule has 0 saturated carbocycles. The van der Waals surface area contributed by atoms with Crippen LogP contribution in [-0.2, 0) is 35.5 Å². The zero-order chi connectivity index (χ0) is 14.8. The second-order valence-corrected chi connectivity index (χ2v) is 3.96. The second-order valence-electron chi connectivity index (χ2n) is 3.96. The van der Waals surface area contributed by atoms with Gasteiger partial charge in [-0.3, -0.25) is 18.6 Å². The number of nitrogens with zero attached hydrogens (tertiary/aromatic N) is 1. The molecule has 0 aromatic carbocycles. The number of unbranched alkanes of at least 4 members (excludes halogenated alkanes) is 1. The standard InChI is InChI=1S/C9H13N.C4H9.2CHO.Ru/c1-2-3-4-9-5-7-10-8-6-9;1-4(2)3;2*1-2;/h5-8H,2-4H2,1H3;1-3H3;2*1H;/q;3*-1;+3. The molecule has 19 heavy (non-hydrogen) atoms. The van der Waals surface area contributed by atoms with Gasteiger partial charge in [0.1, 0.15) is 0 Å². The molecule has 4 heteroatoms. The number of aromatic nitrogens is 1. The van der Waals surface area contributed by atoms with E-state index in [-0.39, 0.29) is 19.5 Å². The Morgan fingerprint density at radius 2 is 1.42 bits per heavy atom. The maximum Gasteiger partial charge on any atom is 3.00 e. The van der Waals surface area contributed by atoms with Gasteiger partial charge < -0.3 is 15.5 Å². The summed E-state index contributed by atoms with van der Waals surface area (Å²) in [6, 6.07) is 4.16. The molecular formula is C15H24NO2Ru. The summed E-state index contributed by atoms with van der Waals surface area (Å²) in [6.45, 7) is 15.0. The summed E-state index contributed by atoms with van der Waals surface area (Å²) >= 11 is 0. The van der Waals surface area contributed by atoms with E-state index in [0.717, 1.165) is 0 Å². The molecule has 3 nitrogen and oxygen atoms in total. The van der Waals surface area contributed by atoms with Crippen molar-refractivity contribution in [2.45, 2.75) is 47.0 Å². The van der Waals surface area contributed by atoms with Gasteiger partial charge in [-0.15, -0.1) is 0 Å². The Labute approximate surface area is 131 Å². The molecule has 0 unspecified atom stereocenters. The fraction of sp³-hybridized carbons (Fsp3) is 0.467. The fourth-order valence-corrected chi connectivity index (χ4v) is 0.930. The van der Waals surface area contributed by atoms with E-state index >= 15 is 0 Å². The number of aryl methyl sites for hydroxylation is 1. The predicted octanol–water partition coefficient (Wildman–Crippen LogP) is 3.49. The van der Waals surface area contributed by atoms with Gasteiger partial charge in [-0.1, -0.05) is 13.3 Å². The number of carbonyl (C=O) groups excluding carboxylic acids is 2. The summed E-state index contributed by atoms with van der Waals surface area (Å²) in [4.78, 5) is 19.5. The van der Waals surface area contributed by atoms with Crippen LogP contribution in [0.1, 0.15) is 46.1 Å². The SMILES string of the molecule is CCCCc1ccncc1.C[C-](C)C.[CH-]=O.[CH-]=O.[Ru+3]. The summed E-state index contributed by atoms with van der Waals surface area (Å²) in [6.07, 6.45) is 7.45. The third kappa shape index (κ3) is 31.6. The van der Waals surface area contributed by atoms with E-state index in [4.69, 9.17) is 9.59 Å². The molecule has 1 rings (SSSR count). The predicted molar refractivity (Wildman–Crippen MR) is 76.6 cm³/mol. The smallest absolute Gasteiger partial charge is 0.545 e. The maximum absolute atomic E-state index is 7.75. The topological polar surface area (TPSA) is 47.0 Å². The van der Waals surface area contributed by atoms with E-state index in [1.54, 1.807) is 0 Å². The van der Waals surface area contributed by atoms with E-state index in [9.17, 15) is 0 Å². The number of hydrogen-bond donors (Lipinski definition) is 0. The van der Waals surface area contributed by atoms with Crippen molar-refractivity contribution >= 4 is 13.6 Å². The molecule has 1 aromatic rings. The van der Waals surface area contributed by atoms with Crippen molar-refractivity contribution in [1.82, 2.24) is 4.98 Å². The Hall–Kier alpha value is -0.887. The van der Waals surface area contributed by atoms with Gasteiger partial charge in [-0.2, -0.15) is 20.8 Å². The van der Waals surface area contributed by atoms with Crippen molar-refractivity contribution in [2.75, 3.05) is 0 Å². The van der Waals surface area contributed by atoms with Crippen LogP contribution >= 0.6 is 0 Å². The molecule has 1 aromatic heterocycles. The van der Waals surface area contributed by atoms with Gasteiger partial charge in [0.2, 0.25) is 0 Å². The van der Waals surface area contributed by atoms with Crippen molar-refractivity contribution in [1.29, 1.82) is 0 Å². The number of pyridine rings is 1. The molecule has 0 aliphatic rings. The first kappa shape index (κ1) is 26.6. The molecule has 0 amide bonds. The van der Waals surface area contributed by atoms with Gasteiger partial charge in [0, 0.05) is 12.4 Å². The van der Waals surface area contributed by atoms with Crippen LogP contribution in [0, 0.1) is 5.92 Å². The Morgan fingerprint density at radius 3 is 1.74 bits per heavy atom. The van der Waals surface area contributed by atoms with E-state index < -0.39 is 0 Å². The van der Waals surface area contributed by atoms with Crippen molar-refractivity contribution < 1.29 is 29.1 Å². The van der Waals surface area contributed by atoms with Crippen LogP contribution in [0.2, 0.25) is 0 Å². The van der Waals surface area contributed by atoms with Crippen LogP contribution in [0.5, 0.6) is 0 Å². The first-order valence-electron chi connectivity index (χ1n) is 5.79. The molecule has 0 saturated heterocycles. The molecule has 0 atom stereocenters. The van der Waals surface area contributed by atoms with Crippen molar-refractivity contribution in [3.63, 3.8) is 0 Å². The molecule has 1 heterocycles.